The summed E-state index contributed by atoms with van der Waals surface area (Å²) in [7, 11) is 0. The van der Waals surface area contributed by atoms with E-state index in [0.29, 0.717) is 17.9 Å². The average Bonchev–Trinajstić information content (AvgIpc) is 3.39. The summed E-state index contributed by atoms with van der Waals surface area (Å²) in [6.07, 6.45) is 6.68. The van der Waals surface area contributed by atoms with E-state index in [1.165, 1.54) is 0 Å². The van der Waals surface area contributed by atoms with Gasteiger partial charge in [0.1, 0.15) is 0 Å². The molecule has 0 bridgehead atoms. The molecular formula is C24H21BrClN3O. The number of carbonyl (C=O) groups is 1. The minimum atomic E-state index is -1.04. The van der Waals surface area contributed by atoms with E-state index >= 15 is 0 Å². The molecule has 3 aromatic rings. The Balaban J connectivity index is 1.82. The molecule has 5 rings (SSSR count). The fraction of sp³-hybridized carbons (Fsp3) is 0.250. The second-order valence-electron chi connectivity index (χ2n) is 8.49. The number of benzene rings is 2. The Morgan fingerprint density at radius 1 is 1.30 bits per heavy atom. The quantitative estimate of drug-likeness (QED) is 0.484. The molecule has 3 atom stereocenters. The van der Waals surface area contributed by atoms with Crippen molar-refractivity contribution in [3.63, 3.8) is 0 Å². The van der Waals surface area contributed by atoms with Crippen molar-refractivity contribution in [1.82, 2.24) is 9.78 Å². The van der Waals surface area contributed by atoms with Gasteiger partial charge in [0.15, 0.2) is 5.78 Å². The maximum atomic E-state index is 14.1. The third kappa shape index (κ3) is 2.45. The number of ketones is 1. The van der Waals surface area contributed by atoms with E-state index in [0.717, 1.165) is 21.3 Å². The van der Waals surface area contributed by atoms with Crippen LogP contribution in [-0.4, -0.2) is 15.6 Å². The van der Waals surface area contributed by atoms with Gasteiger partial charge in [0.05, 0.1) is 5.41 Å². The van der Waals surface area contributed by atoms with Crippen molar-refractivity contribution in [1.29, 1.82) is 0 Å². The van der Waals surface area contributed by atoms with E-state index in [1.54, 1.807) is 17.0 Å². The summed E-state index contributed by atoms with van der Waals surface area (Å²) < 4.78 is 2.78. The number of anilines is 1. The van der Waals surface area contributed by atoms with Gasteiger partial charge in [0.25, 0.3) is 0 Å². The highest BCUT2D eigenvalue weighted by Gasteiger charge is 2.73. The van der Waals surface area contributed by atoms with Crippen LogP contribution in [0.5, 0.6) is 0 Å². The molecule has 1 fully saturated rings. The first-order chi connectivity index (χ1) is 14.3. The summed E-state index contributed by atoms with van der Waals surface area (Å²) in [5.74, 6) is 0.0787. The number of Topliss-reactive ketones (excluding diaryl/α,β-unsaturated/α-hetero) is 1. The molecule has 2 heterocycles. The molecule has 1 aliphatic carbocycles. The first kappa shape index (κ1) is 19.6. The van der Waals surface area contributed by atoms with Crippen molar-refractivity contribution >= 4 is 39.0 Å². The van der Waals surface area contributed by atoms with Gasteiger partial charge < -0.3 is 5.32 Å². The van der Waals surface area contributed by atoms with Gasteiger partial charge in [-0.25, -0.2) is 4.68 Å². The van der Waals surface area contributed by atoms with Crippen LogP contribution in [0.25, 0.3) is 0 Å². The van der Waals surface area contributed by atoms with E-state index < -0.39 is 16.5 Å². The minimum absolute atomic E-state index is 0.0787. The number of nitrogens with one attached hydrogen (secondary N) is 1. The van der Waals surface area contributed by atoms with Crippen LogP contribution in [0.4, 0.5) is 5.69 Å². The number of aromatic nitrogens is 2. The lowest BCUT2D eigenvalue weighted by Crippen LogP contribution is -2.56. The molecule has 0 spiro atoms. The van der Waals surface area contributed by atoms with Gasteiger partial charge in [-0.1, -0.05) is 45.7 Å². The van der Waals surface area contributed by atoms with Crippen molar-refractivity contribution in [3.05, 3.63) is 94.2 Å². The normalized spacial score (nSPS) is 29.4. The van der Waals surface area contributed by atoms with Gasteiger partial charge in [-0.05, 0) is 67.3 Å². The van der Waals surface area contributed by atoms with Gasteiger partial charge in [0, 0.05) is 33.0 Å². The molecule has 152 valence electrons. The lowest BCUT2D eigenvalue weighted by Gasteiger charge is -2.39. The predicted molar refractivity (Wildman–Crippen MR) is 123 cm³/mol. The van der Waals surface area contributed by atoms with Crippen LogP contribution in [-0.2, 0) is 22.3 Å². The maximum Gasteiger partial charge on any atom is 0.201 e. The number of allylic oxidation sites excluding steroid dienone is 1. The van der Waals surface area contributed by atoms with Crippen LogP contribution in [0.1, 0.15) is 24.5 Å². The van der Waals surface area contributed by atoms with E-state index in [2.05, 4.69) is 39.0 Å². The van der Waals surface area contributed by atoms with E-state index in [-0.39, 0.29) is 5.78 Å². The molecule has 1 N–H and O–H groups in total. The van der Waals surface area contributed by atoms with E-state index in [9.17, 15) is 4.79 Å². The maximum absolute atomic E-state index is 14.1. The van der Waals surface area contributed by atoms with Crippen LogP contribution in [0.2, 0.25) is 5.02 Å². The summed E-state index contributed by atoms with van der Waals surface area (Å²) in [5, 5.41) is 8.86. The lowest BCUT2D eigenvalue weighted by atomic mass is 9.69. The van der Waals surface area contributed by atoms with Crippen molar-refractivity contribution < 1.29 is 4.79 Å². The molecule has 1 saturated carbocycles. The van der Waals surface area contributed by atoms with Crippen molar-refractivity contribution in [3.8, 4) is 0 Å². The Kier molecular flexibility index (Phi) is 4.28. The zero-order valence-corrected chi connectivity index (χ0v) is 18.9. The molecule has 6 heteroatoms. The van der Waals surface area contributed by atoms with Crippen LogP contribution in [0.3, 0.4) is 0 Å². The minimum Gasteiger partial charge on any atom is -0.354 e. The molecule has 2 aliphatic rings. The molecule has 0 saturated heterocycles. The summed E-state index contributed by atoms with van der Waals surface area (Å²) in [5.41, 5.74) is 0.912. The first-order valence-electron chi connectivity index (χ1n) is 9.86. The number of hydrogen-bond acceptors (Lipinski definition) is 3. The molecule has 4 nitrogen and oxygen atoms in total. The standard InChI is InChI=1S/C24H21BrClN3O/c1-3-22(2)15-23(14-16-5-8-18(26)9-6-16)19-13-17(25)7-10-20(19)28-24(23,21(22)30)29-12-4-11-27-29/h3-13,28H,1,14-15H2,2H3/t22-,23+,24-/m0/s1. The van der Waals surface area contributed by atoms with Gasteiger partial charge >= 0.3 is 0 Å². The predicted octanol–water partition coefficient (Wildman–Crippen LogP) is 5.72. The molecule has 30 heavy (non-hydrogen) atoms. The van der Waals surface area contributed by atoms with Crippen LogP contribution in [0, 0.1) is 5.41 Å². The Morgan fingerprint density at radius 2 is 2.07 bits per heavy atom. The molecule has 1 aliphatic heterocycles. The number of rotatable bonds is 4. The summed E-state index contributed by atoms with van der Waals surface area (Å²) in [4.78, 5) is 14.1. The largest absolute Gasteiger partial charge is 0.354 e. The number of nitrogens with zero attached hydrogens (tertiary/aromatic N) is 2. The molecular weight excluding hydrogens is 462 g/mol. The summed E-state index contributed by atoms with van der Waals surface area (Å²) in [6, 6.07) is 15.9. The van der Waals surface area contributed by atoms with Gasteiger partial charge in [-0.15, -0.1) is 6.58 Å². The summed E-state index contributed by atoms with van der Waals surface area (Å²) in [6.45, 7) is 6.00. The second kappa shape index (κ2) is 6.56. The fourth-order valence-corrected chi connectivity index (χ4v) is 5.88. The Labute approximate surface area is 189 Å². The molecule has 0 radical (unpaired) electrons. The lowest BCUT2D eigenvalue weighted by molar-refractivity contribution is -0.130. The summed E-state index contributed by atoms with van der Waals surface area (Å²) >= 11 is 9.77. The Morgan fingerprint density at radius 3 is 2.73 bits per heavy atom. The van der Waals surface area contributed by atoms with Crippen molar-refractivity contribution in [2.75, 3.05) is 5.32 Å². The zero-order valence-electron chi connectivity index (χ0n) is 16.5. The van der Waals surface area contributed by atoms with Gasteiger partial charge in [-0.3, -0.25) is 4.79 Å². The Hall–Kier alpha value is -2.37. The number of carbonyl (C=O) groups excluding carboxylic acids is 1. The molecule has 2 aromatic carbocycles. The second-order valence-corrected chi connectivity index (χ2v) is 9.84. The highest BCUT2D eigenvalue weighted by atomic mass is 79.9. The van der Waals surface area contributed by atoms with Crippen LogP contribution < -0.4 is 5.32 Å². The third-order valence-corrected chi connectivity index (χ3v) is 7.48. The molecule has 1 aromatic heterocycles. The van der Waals surface area contributed by atoms with Crippen molar-refractivity contribution in [2.45, 2.75) is 30.8 Å². The fourth-order valence-electron chi connectivity index (χ4n) is 5.40. The monoisotopic (exact) mass is 481 g/mol. The van der Waals surface area contributed by atoms with E-state index in [1.807, 2.05) is 55.6 Å². The van der Waals surface area contributed by atoms with Gasteiger partial charge in [0.2, 0.25) is 5.66 Å². The highest BCUT2D eigenvalue weighted by Crippen LogP contribution is 2.64. The van der Waals surface area contributed by atoms with Gasteiger partial charge in [-0.2, -0.15) is 5.10 Å². The first-order valence-corrected chi connectivity index (χ1v) is 11.0. The number of fused-ring (bicyclic) bond motifs is 3. The van der Waals surface area contributed by atoms with Crippen LogP contribution in [0.15, 0.2) is 78.1 Å². The highest BCUT2D eigenvalue weighted by molar-refractivity contribution is 9.10. The zero-order chi connectivity index (χ0) is 21.1. The Bertz CT molecular complexity index is 1160. The number of hydrogen-bond donors (Lipinski definition) is 1. The average molecular weight is 483 g/mol. The topological polar surface area (TPSA) is 46.9 Å². The smallest absolute Gasteiger partial charge is 0.201 e. The van der Waals surface area contributed by atoms with Crippen molar-refractivity contribution in [2.24, 2.45) is 5.41 Å². The SMILES string of the molecule is C=C[C@@]1(C)C[C@]2(Cc3ccc(Cl)cc3)c3cc(Br)ccc3N[C@]2(n2cccn2)C1=O. The van der Waals surface area contributed by atoms with Crippen LogP contribution >= 0.6 is 27.5 Å². The number of halogens is 2. The molecule has 0 amide bonds. The molecule has 0 unspecified atom stereocenters. The third-order valence-electron chi connectivity index (χ3n) is 6.74. The van der Waals surface area contributed by atoms with E-state index in [4.69, 9.17) is 11.6 Å².